The molecule has 0 saturated heterocycles. The maximum Gasteiger partial charge on any atom is 0.183 e. The highest BCUT2D eigenvalue weighted by Crippen LogP contribution is 2.40. The molecule has 74 valence electrons. The fraction of sp³-hybridized carbons (Fsp3) is 0.462. The third kappa shape index (κ3) is 1.47. The van der Waals surface area contributed by atoms with Gasteiger partial charge in [0, 0.05) is 5.41 Å². The van der Waals surface area contributed by atoms with Gasteiger partial charge in [-0.1, -0.05) is 24.3 Å². The van der Waals surface area contributed by atoms with Crippen LogP contribution < -0.4 is 0 Å². The second kappa shape index (κ2) is 3.23. The van der Waals surface area contributed by atoms with Gasteiger partial charge in [-0.05, 0) is 44.3 Å². The Kier molecular flexibility index (Phi) is 2.18. The van der Waals surface area contributed by atoms with Crippen LogP contribution in [0.25, 0.3) is 0 Å². The first-order valence-corrected chi connectivity index (χ1v) is 5.22. The van der Waals surface area contributed by atoms with Crippen molar-refractivity contribution in [1.82, 2.24) is 0 Å². The standard InChI is InChI=1S/C13H16O/c1-10-8-13(6-4-3-5-7-13)9-11(2)12(10)14/h3-4,8-9H,5-7H2,1-2H3. The summed E-state index contributed by atoms with van der Waals surface area (Å²) in [6.07, 6.45) is 12.1. The SMILES string of the molecule is CC1=CC2(C=C(C)C1=O)CC=CCC2. The van der Waals surface area contributed by atoms with Gasteiger partial charge in [0.25, 0.3) is 0 Å². The molecule has 1 nitrogen and oxygen atoms in total. The molecular formula is C13H16O. The largest absolute Gasteiger partial charge is 0.289 e. The lowest BCUT2D eigenvalue weighted by atomic mass is 9.71. The predicted octanol–water partition coefficient (Wildman–Crippen LogP) is 3.19. The number of rotatable bonds is 0. The summed E-state index contributed by atoms with van der Waals surface area (Å²) in [6.45, 7) is 3.86. The van der Waals surface area contributed by atoms with Crippen molar-refractivity contribution in [3.63, 3.8) is 0 Å². The topological polar surface area (TPSA) is 17.1 Å². The highest BCUT2D eigenvalue weighted by Gasteiger charge is 2.30. The van der Waals surface area contributed by atoms with Gasteiger partial charge >= 0.3 is 0 Å². The summed E-state index contributed by atoms with van der Waals surface area (Å²) in [5.74, 6) is 0.213. The van der Waals surface area contributed by atoms with Gasteiger partial charge in [-0.15, -0.1) is 0 Å². The predicted molar refractivity (Wildman–Crippen MR) is 57.9 cm³/mol. The second-order valence-corrected chi connectivity index (χ2v) is 4.43. The average molecular weight is 188 g/mol. The molecule has 14 heavy (non-hydrogen) atoms. The van der Waals surface area contributed by atoms with E-state index in [1.54, 1.807) is 0 Å². The van der Waals surface area contributed by atoms with Gasteiger partial charge in [0.1, 0.15) is 0 Å². The molecule has 0 heterocycles. The van der Waals surface area contributed by atoms with Crippen LogP contribution in [0.15, 0.2) is 35.5 Å². The monoisotopic (exact) mass is 188 g/mol. The summed E-state index contributed by atoms with van der Waals surface area (Å²) in [5, 5.41) is 0. The van der Waals surface area contributed by atoms with Crippen molar-refractivity contribution in [2.24, 2.45) is 5.41 Å². The minimum Gasteiger partial charge on any atom is -0.289 e. The third-order valence-electron chi connectivity index (χ3n) is 3.17. The van der Waals surface area contributed by atoms with E-state index < -0.39 is 0 Å². The molecule has 0 atom stereocenters. The molecule has 1 spiro atoms. The lowest BCUT2D eigenvalue weighted by molar-refractivity contribution is -0.112. The van der Waals surface area contributed by atoms with E-state index in [9.17, 15) is 4.79 Å². The van der Waals surface area contributed by atoms with Crippen molar-refractivity contribution in [1.29, 1.82) is 0 Å². The molecule has 2 aliphatic rings. The molecule has 0 aromatic rings. The van der Waals surface area contributed by atoms with Crippen molar-refractivity contribution in [2.75, 3.05) is 0 Å². The first kappa shape index (κ1) is 9.45. The molecule has 0 fully saturated rings. The van der Waals surface area contributed by atoms with Gasteiger partial charge in [-0.3, -0.25) is 4.79 Å². The van der Waals surface area contributed by atoms with Crippen molar-refractivity contribution >= 4 is 5.78 Å². The molecule has 0 aliphatic heterocycles. The number of carbonyl (C=O) groups is 1. The summed E-state index contributed by atoms with van der Waals surface area (Å²) in [4.78, 5) is 11.6. The molecule has 0 saturated carbocycles. The lowest BCUT2D eigenvalue weighted by Gasteiger charge is -2.32. The number of Topliss-reactive ketones (excluding diaryl/α,β-unsaturated/α-hetero) is 1. The molecule has 0 aromatic heterocycles. The molecular weight excluding hydrogens is 172 g/mol. The Bertz CT molecular complexity index is 333. The fourth-order valence-electron chi connectivity index (χ4n) is 2.48. The summed E-state index contributed by atoms with van der Waals surface area (Å²) < 4.78 is 0. The molecule has 0 radical (unpaired) electrons. The van der Waals surface area contributed by atoms with Crippen molar-refractivity contribution in [3.05, 3.63) is 35.5 Å². The third-order valence-corrected chi connectivity index (χ3v) is 3.17. The van der Waals surface area contributed by atoms with Crippen LogP contribution >= 0.6 is 0 Å². The van der Waals surface area contributed by atoms with Gasteiger partial charge in [0.15, 0.2) is 5.78 Å². The maximum atomic E-state index is 11.6. The highest BCUT2D eigenvalue weighted by atomic mass is 16.1. The van der Waals surface area contributed by atoms with E-state index in [-0.39, 0.29) is 11.2 Å². The van der Waals surface area contributed by atoms with E-state index in [2.05, 4.69) is 24.3 Å². The minimum atomic E-state index is 0.150. The molecule has 0 N–H and O–H groups in total. The molecule has 0 bridgehead atoms. The van der Waals surface area contributed by atoms with E-state index in [0.29, 0.717) is 0 Å². The normalized spacial score (nSPS) is 24.9. The summed E-state index contributed by atoms with van der Waals surface area (Å²) in [6, 6.07) is 0. The Morgan fingerprint density at radius 3 is 2.29 bits per heavy atom. The number of hydrogen-bond donors (Lipinski definition) is 0. The quantitative estimate of drug-likeness (QED) is 0.533. The van der Waals surface area contributed by atoms with Crippen LogP contribution in [0.4, 0.5) is 0 Å². The maximum absolute atomic E-state index is 11.6. The van der Waals surface area contributed by atoms with Crippen molar-refractivity contribution < 1.29 is 4.79 Å². The van der Waals surface area contributed by atoms with Gasteiger partial charge in [0.2, 0.25) is 0 Å². The Morgan fingerprint density at radius 2 is 1.79 bits per heavy atom. The number of allylic oxidation sites excluding steroid dienone is 6. The molecule has 0 amide bonds. The smallest absolute Gasteiger partial charge is 0.183 e. The number of hydrogen-bond acceptors (Lipinski definition) is 1. The van der Waals surface area contributed by atoms with E-state index in [0.717, 1.165) is 30.4 Å². The summed E-state index contributed by atoms with van der Waals surface area (Å²) in [5.41, 5.74) is 1.98. The van der Waals surface area contributed by atoms with E-state index in [1.807, 2.05) is 13.8 Å². The Morgan fingerprint density at radius 1 is 1.14 bits per heavy atom. The molecule has 0 unspecified atom stereocenters. The molecule has 1 heteroatoms. The summed E-state index contributed by atoms with van der Waals surface area (Å²) >= 11 is 0. The summed E-state index contributed by atoms with van der Waals surface area (Å²) in [7, 11) is 0. The van der Waals surface area contributed by atoms with Crippen LogP contribution in [0.1, 0.15) is 33.1 Å². The van der Waals surface area contributed by atoms with E-state index in [4.69, 9.17) is 0 Å². The Hall–Kier alpha value is -1.11. The fourth-order valence-corrected chi connectivity index (χ4v) is 2.48. The van der Waals surface area contributed by atoms with Crippen molar-refractivity contribution in [3.8, 4) is 0 Å². The van der Waals surface area contributed by atoms with Crippen LogP contribution in [0.2, 0.25) is 0 Å². The van der Waals surface area contributed by atoms with Gasteiger partial charge in [-0.2, -0.15) is 0 Å². The highest BCUT2D eigenvalue weighted by molar-refractivity contribution is 6.08. The van der Waals surface area contributed by atoms with Gasteiger partial charge in [-0.25, -0.2) is 0 Å². The second-order valence-electron chi connectivity index (χ2n) is 4.43. The minimum absolute atomic E-state index is 0.150. The van der Waals surface area contributed by atoms with Gasteiger partial charge in [0.05, 0.1) is 0 Å². The molecule has 2 aliphatic carbocycles. The first-order valence-electron chi connectivity index (χ1n) is 5.22. The van der Waals surface area contributed by atoms with Crippen LogP contribution in [-0.4, -0.2) is 5.78 Å². The lowest BCUT2D eigenvalue weighted by Crippen LogP contribution is -2.23. The molecule has 2 rings (SSSR count). The van der Waals surface area contributed by atoms with Crippen LogP contribution in [0.5, 0.6) is 0 Å². The van der Waals surface area contributed by atoms with E-state index in [1.165, 1.54) is 0 Å². The Labute approximate surface area is 85.2 Å². The zero-order valence-corrected chi connectivity index (χ0v) is 8.84. The zero-order chi connectivity index (χ0) is 10.2. The van der Waals surface area contributed by atoms with Crippen LogP contribution in [0, 0.1) is 5.41 Å². The zero-order valence-electron chi connectivity index (χ0n) is 8.84. The Balaban J connectivity index is 2.38. The average Bonchev–Trinajstić information content (AvgIpc) is 2.15. The van der Waals surface area contributed by atoms with Crippen molar-refractivity contribution in [2.45, 2.75) is 33.1 Å². The first-order chi connectivity index (χ1) is 6.63. The van der Waals surface area contributed by atoms with Crippen LogP contribution in [-0.2, 0) is 4.79 Å². The number of ketones is 1. The van der Waals surface area contributed by atoms with Crippen LogP contribution in [0.3, 0.4) is 0 Å². The number of carbonyl (C=O) groups excluding carboxylic acids is 1. The molecule has 0 aromatic carbocycles. The van der Waals surface area contributed by atoms with Gasteiger partial charge < -0.3 is 0 Å². The van der Waals surface area contributed by atoms with E-state index >= 15 is 0 Å².